The predicted octanol–water partition coefficient (Wildman–Crippen LogP) is 24.1. The number of hydrogen-bond donors (Lipinski definition) is 0. The highest BCUT2D eigenvalue weighted by Crippen LogP contribution is 2.18. The average molecular weight is 1110 g/mol. The van der Waals surface area contributed by atoms with Crippen LogP contribution in [0.3, 0.4) is 0 Å². The summed E-state index contributed by atoms with van der Waals surface area (Å²) in [6.45, 7) is 6.65. The van der Waals surface area contributed by atoms with Crippen LogP contribution in [0.1, 0.15) is 380 Å². The first-order valence-corrected chi connectivity index (χ1v) is 35.1. The Morgan fingerprint density at radius 3 is 0.734 bits per heavy atom. The van der Waals surface area contributed by atoms with E-state index in [0.29, 0.717) is 19.3 Å². The molecule has 0 saturated heterocycles. The molecule has 6 nitrogen and oxygen atoms in total. The van der Waals surface area contributed by atoms with E-state index in [4.69, 9.17) is 14.2 Å². The minimum absolute atomic E-state index is 0.0731. The fraction of sp³-hybridized carbons (Fsp3) is 0.849. The molecule has 0 heterocycles. The first-order chi connectivity index (χ1) is 39.0. The first-order valence-electron chi connectivity index (χ1n) is 35.1. The van der Waals surface area contributed by atoms with E-state index >= 15 is 0 Å². The van der Waals surface area contributed by atoms with Crippen LogP contribution in [0.5, 0.6) is 0 Å². The summed E-state index contributed by atoms with van der Waals surface area (Å²) in [6, 6.07) is 0. The topological polar surface area (TPSA) is 78.9 Å². The van der Waals surface area contributed by atoms with Gasteiger partial charge in [0.25, 0.3) is 0 Å². The highest BCUT2D eigenvalue weighted by Gasteiger charge is 2.19. The molecule has 462 valence electrons. The second kappa shape index (κ2) is 67.9. The van der Waals surface area contributed by atoms with Crippen molar-refractivity contribution in [2.75, 3.05) is 13.2 Å². The third-order valence-electron chi connectivity index (χ3n) is 15.8. The number of unbranched alkanes of at least 4 members (excludes halogenated alkanes) is 46. The normalized spacial score (nSPS) is 12.3. The van der Waals surface area contributed by atoms with E-state index in [1.54, 1.807) is 0 Å². The summed E-state index contributed by atoms with van der Waals surface area (Å²) in [6.07, 6.45) is 85.7. The van der Waals surface area contributed by atoms with Gasteiger partial charge in [0.1, 0.15) is 13.2 Å². The first kappa shape index (κ1) is 76.4. The molecule has 0 spiro atoms. The Morgan fingerprint density at radius 2 is 0.468 bits per heavy atom. The lowest BCUT2D eigenvalue weighted by Crippen LogP contribution is -2.30. The number of allylic oxidation sites excluding steroid dienone is 8. The van der Waals surface area contributed by atoms with Crippen LogP contribution in [0, 0.1) is 0 Å². The van der Waals surface area contributed by atoms with Gasteiger partial charge in [0.2, 0.25) is 0 Å². The lowest BCUT2D eigenvalue weighted by atomic mass is 10.0. The molecule has 0 aromatic rings. The van der Waals surface area contributed by atoms with Gasteiger partial charge >= 0.3 is 17.9 Å². The van der Waals surface area contributed by atoms with Crippen LogP contribution < -0.4 is 0 Å². The third kappa shape index (κ3) is 66.1. The zero-order chi connectivity index (χ0) is 57.1. The number of ether oxygens (including phenoxy) is 3. The van der Waals surface area contributed by atoms with Crippen LogP contribution in [-0.4, -0.2) is 37.2 Å². The fourth-order valence-electron chi connectivity index (χ4n) is 10.5. The number of esters is 3. The van der Waals surface area contributed by atoms with Gasteiger partial charge in [0.15, 0.2) is 6.10 Å². The van der Waals surface area contributed by atoms with Crippen molar-refractivity contribution in [2.24, 2.45) is 0 Å². The number of rotatable bonds is 65. The fourth-order valence-corrected chi connectivity index (χ4v) is 10.5. The number of carbonyl (C=O) groups excluding carboxylic acids is 3. The summed E-state index contributed by atoms with van der Waals surface area (Å²) in [4.78, 5) is 38.4. The smallest absolute Gasteiger partial charge is 0.306 e. The molecule has 0 aliphatic heterocycles. The Labute approximate surface area is 492 Å². The zero-order valence-corrected chi connectivity index (χ0v) is 53.2. The van der Waals surface area contributed by atoms with Crippen molar-refractivity contribution >= 4 is 17.9 Å². The Hall–Kier alpha value is -2.63. The molecule has 0 saturated carbocycles. The summed E-state index contributed by atoms with van der Waals surface area (Å²) in [5, 5.41) is 0. The Kier molecular flexibility index (Phi) is 65.6. The number of hydrogen-bond acceptors (Lipinski definition) is 6. The molecule has 0 bridgehead atoms. The van der Waals surface area contributed by atoms with Crippen LogP contribution in [0.2, 0.25) is 0 Å². The van der Waals surface area contributed by atoms with Crippen molar-refractivity contribution in [3.05, 3.63) is 48.6 Å². The average Bonchev–Trinajstić information content (AvgIpc) is 3.45. The Bertz CT molecular complexity index is 1360. The molecule has 0 fully saturated rings. The maximum absolute atomic E-state index is 12.9. The highest BCUT2D eigenvalue weighted by atomic mass is 16.6. The quantitative estimate of drug-likeness (QED) is 0.0261. The van der Waals surface area contributed by atoms with Crippen molar-refractivity contribution in [3.8, 4) is 0 Å². The van der Waals surface area contributed by atoms with Crippen LogP contribution in [-0.2, 0) is 28.6 Å². The largest absolute Gasteiger partial charge is 0.462 e. The van der Waals surface area contributed by atoms with Gasteiger partial charge in [-0.05, 0) is 77.0 Å². The lowest BCUT2D eigenvalue weighted by molar-refractivity contribution is -0.167. The van der Waals surface area contributed by atoms with E-state index in [9.17, 15) is 14.4 Å². The van der Waals surface area contributed by atoms with Gasteiger partial charge < -0.3 is 14.2 Å². The van der Waals surface area contributed by atoms with Crippen molar-refractivity contribution in [1.82, 2.24) is 0 Å². The molecule has 0 amide bonds. The minimum Gasteiger partial charge on any atom is -0.462 e. The van der Waals surface area contributed by atoms with Crippen LogP contribution in [0.15, 0.2) is 48.6 Å². The molecule has 79 heavy (non-hydrogen) atoms. The highest BCUT2D eigenvalue weighted by molar-refractivity contribution is 5.71. The lowest BCUT2D eigenvalue weighted by Gasteiger charge is -2.18. The van der Waals surface area contributed by atoms with Gasteiger partial charge in [-0.2, -0.15) is 0 Å². The summed E-state index contributed by atoms with van der Waals surface area (Å²) >= 11 is 0. The van der Waals surface area contributed by atoms with E-state index in [0.717, 1.165) is 83.5 Å². The van der Waals surface area contributed by atoms with E-state index < -0.39 is 6.10 Å². The maximum Gasteiger partial charge on any atom is 0.306 e. The van der Waals surface area contributed by atoms with E-state index in [1.807, 2.05) is 0 Å². The van der Waals surface area contributed by atoms with E-state index in [2.05, 4.69) is 69.4 Å². The molecule has 0 aliphatic rings. The summed E-state index contributed by atoms with van der Waals surface area (Å²) in [7, 11) is 0. The van der Waals surface area contributed by atoms with Gasteiger partial charge in [-0.1, -0.05) is 333 Å². The van der Waals surface area contributed by atoms with Crippen molar-refractivity contribution < 1.29 is 28.6 Å². The molecule has 0 radical (unpaired) electrons. The standard InChI is InChI=1S/C73H134O6/c1-4-7-10-13-16-19-22-25-28-30-32-34-35-36-37-38-39-40-42-43-45-48-51-54-57-60-63-66-72(75)78-69-70(68-77-71(74)65-62-59-56-53-50-47-27-24-21-18-15-12-9-6-3)79-73(76)67-64-61-58-55-52-49-46-44-41-33-31-29-26-23-20-17-14-11-8-5-2/h15,18,22,24-25,27,30,32,70H,4-14,16-17,19-21,23,26,28-29,31,33-69H2,1-3H3/b18-15-,25-22-,27-24-,32-30-. The second-order valence-corrected chi connectivity index (χ2v) is 23.8. The maximum atomic E-state index is 12.9. The third-order valence-corrected chi connectivity index (χ3v) is 15.8. The minimum atomic E-state index is -0.777. The molecule has 0 aromatic heterocycles. The molecule has 6 heteroatoms. The van der Waals surface area contributed by atoms with Gasteiger partial charge in [-0.3, -0.25) is 14.4 Å². The van der Waals surface area contributed by atoms with Crippen molar-refractivity contribution in [3.63, 3.8) is 0 Å². The predicted molar refractivity (Wildman–Crippen MR) is 344 cm³/mol. The van der Waals surface area contributed by atoms with Crippen LogP contribution in [0.25, 0.3) is 0 Å². The van der Waals surface area contributed by atoms with Gasteiger partial charge in [-0.25, -0.2) is 0 Å². The summed E-state index contributed by atoms with van der Waals surface area (Å²) < 4.78 is 17.0. The summed E-state index contributed by atoms with van der Waals surface area (Å²) in [5.41, 5.74) is 0. The van der Waals surface area contributed by atoms with E-state index in [1.165, 1.54) is 257 Å². The Balaban J connectivity index is 4.24. The number of carbonyl (C=O) groups is 3. The van der Waals surface area contributed by atoms with Crippen molar-refractivity contribution in [1.29, 1.82) is 0 Å². The molecular weight excluding hydrogens is 973 g/mol. The molecule has 0 rings (SSSR count). The molecule has 1 unspecified atom stereocenters. The van der Waals surface area contributed by atoms with Crippen LogP contribution >= 0.6 is 0 Å². The molecular formula is C73H134O6. The van der Waals surface area contributed by atoms with Gasteiger partial charge in [-0.15, -0.1) is 0 Å². The Morgan fingerprint density at radius 1 is 0.253 bits per heavy atom. The molecule has 0 N–H and O–H groups in total. The SMILES string of the molecule is CCCC/C=C\C/C=C\CCCCCCCC(=O)OCC(COC(=O)CCCCCCCCCCCCCCCCC/C=C\C/C=C\CCCCCCC)OC(=O)CCCCCCCCCCCCCCCCCCCCCC. The van der Waals surface area contributed by atoms with Crippen molar-refractivity contribution in [2.45, 2.75) is 386 Å². The molecule has 1 atom stereocenters. The van der Waals surface area contributed by atoms with E-state index in [-0.39, 0.29) is 31.1 Å². The second-order valence-electron chi connectivity index (χ2n) is 23.8. The molecule has 0 aromatic carbocycles. The van der Waals surface area contributed by atoms with Gasteiger partial charge in [0, 0.05) is 19.3 Å². The van der Waals surface area contributed by atoms with Gasteiger partial charge in [0.05, 0.1) is 0 Å². The monoisotopic (exact) mass is 1110 g/mol. The summed E-state index contributed by atoms with van der Waals surface area (Å²) in [5.74, 6) is -0.861. The zero-order valence-electron chi connectivity index (χ0n) is 53.2. The molecule has 0 aliphatic carbocycles. The van der Waals surface area contributed by atoms with Crippen LogP contribution in [0.4, 0.5) is 0 Å².